The van der Waals surface area contributed by atoms with E-state index in [4.69, 9.17) is 5.11 Å². The number of likely N-dealkylation sites (tertiary alicyclic amines) is 1. The molecule has 0 unspecified atom stereocenters. The van der Waals surface area contributed by atoms with Gasteiger partial charge in [0.05, 0.1) is 11.5 Å². The van der Waals surface area contributed by atoms with E-state index in [1.807, 2.05) is 30.5 Å². The average molecular weight is 328 g/mol. The first kappa shape index (κ1) is 16.6. The van der Waals surface area contributed by atoms with Crippen molar-refractivity contribution in [2.24, 2.45) is 11.8 Å². The molecule has 24 heavy (non-hydrogen) atoms. The maximum Gasteiger partial charge on any atom is 0.306 e. The van der Waals surface area contributed by atoms with E-state index in [-0.39, 0.29) is 11.8 Å². The standard InChI is InChI=1S/C19H24N2O3/c1-13(2)11-21-12-16(15-5-3-4-6-17(15)21)18(22)20-9-7-14(8-10-20)19(23)24/h3-6,12-14H,7-11H2,1-2H3,(H,23,24). The molecule has 5 heteroatoms. The molecule has 0 atom stereocenters. The molecular formula is C19H24N2O3. The number of benzene rings is 1. The molecule has 0 spiro atoms. The minimum atomic E-state index is -0.754. The van der Waals surface area contributed by atoms with Gasteiger partial charge < -0.3 is 14.6 Å². The number of hydrogen-bond acceptors (Lipinski definition) is 2. The minimum absolute atomic E-state index is 0.0116. The smallest absolute Gasteiger partial charge is 0.306 e. The lowest BCUT2D eigenvalue weighted by Crippen LogP contribution is -2.40. The van der Waals surface area contributed by atoms with Gasteiger partial charge in [0.2, 0.25) is 0 Å². The number of carbonyl (C=O) groups excluding carboxylic acids is 1. The second-order valence-electron chi connectivity index (χ2n) is 7.01. The van der Waals surface area contributed by atoms with Crippen LogP contribution in [0, 0.1) is 11.8 Å². The summed E-state index contributed by atoms with van der Waals surface area (Å²) in [5.41, 5.74) is 1.80. The fraction of sp³-hybridized carbons (Fsp3) is 0.474. The van der Waals surface area contributed by atoms with Crippen LogP contribution >= 0.6 is 0 Å². The predicted molar refractivity (Wildman–Crippen MR) is 93.0 cm³/mol. The number of carboxylic acid groups (broad SMARTS) is 1. The Labute approximate surface area is 141 Å². The van der Waals surface area contributed by atoms with Crippen molar-refractivity contribution in [1.29, 1.82) is 0 Å². The van der Waals surface area contributed by atoms with Crippen LogP contribution in [0.3, 0.4) is 0 Å². The third-order valence-electron chi connectivity index (χ3n) is 4.71. The lowest BCUT2D eigenvalue weighted by molar-refractivity contribution is -0.143. The SMILES string of the molecule is CC(C)Cn1cc(C(=O)N2CCC(C(=O)O)CC2)c2ccccc21. The van der Waals surface area contributed by atoms with Crippen LogP contribution < -0.4 is 0 Å². The highest BCUT2D eigenvalue weighted by atomic mass is 16.4. The van der Waals surface area contributed by atoms with Crippen molar-refractivity contribution in [3.05, 3.63) is 36.0 Å². The Hall–Kier alpha value is -2.30. The van der Waals surface area contributed by atoms with E-state index < -0.39 is 5.97 Å². The molecule has 0 aliphatic carbocycles. The first-order chi connectivity index (χ1) is 11.5. The second-order valence-corrected chi connectivity index (χ2v) is 7.01. The molecule has 0 bridgehead atoms. The largest absolute Gasteiger partial charge is 0.481 e. The Morgan fingerprint density at radius 1 is 1.21 bits per heavy atom. The maximum absolute atomic E-state index is 13.0. The number of hydrogen-bond donors (Lipinski definition) is 1. The normalized spacial score (nSPS) is 16.0. The molecule has 1 N–H and O–H groups in total. The van der Waals surface area contributed by atoms with E-state index in [1.54, 1.807) is 4.90 Å². The van der Waals surface area contributed by atoms with Gasteiger partial charge in [-0.05, 0) is 24.8 Å². The third kappa shape index (κ3) is 3.16. The van der Waals surface area contributed by atoms with Crippen molar-refractivity contribution in [3.63, 3.8) is 0 Å². The number of aliphatic carboxylic acids is 1. The molecule has 128 valence electrons. The molecule has 1 fully saturated rings. The molecule has 1 saturated heterocycles. The van der Waals surface area contributed by atoms with Crippen LogP contribution in [0.5, 0.6) is 0 Å². The highest BCUT2D eigenvalue weighted by Crippen LogP contribution is 2.26. The van der Waals surface area contributed by atoms with Crippen LogP contribution in [-0.2, 0) is 11.3 Å². The molecule has 1 amide bonds. The van der Waals surface area contributed by atoms with Crippen LogP contribution in [0.25, 0.3) is 10.9 Å². The third-order valence-corrected chi connectivity index (χ3v) is 4.71. The van der Waals surface area contributed by atoms with Gasteiger partial charge in [-0.1, -0.05) is 32.0 Å². The number of amides is 1. The van der Waals surface area contributed by atoms with Gasteiger partial charge in [-0.25, -0.2) is 0 Å². The molecule has 1 aromatic carbocycles. The van der Waals surface area contributed by atoms with Crippen molar-refractivity contribution in [2.45, 2.75) is 33.2 Å². The van der Waals surface area contributed by atoms with Gasteiger partial charge in [0.1, 0.15) is 0 Å². The molecule has 1 aliphatic heterocycles. The summed E-state index contributed by atoms with van der Waals surface area (Å²) in [6, 6.07) is 7.98. The van der Waals surface area contributed by atoms with E-state index in [9.17, 15) is 9.59 Å². The quantitative estimate of drug-likeness (QED) is 0.937. The first-order valence-corrected chi connectivity index (χ1v) is 8.57. The lowest BCUT2D eigenvalue weighted by atomic mass is 9.96. The van der Waals surface area contributed by atoms with E-state index >= 15 is 0 Å². The predicted octanol–water partition coefficient (Wildman–Crippen LogP) is 3.23. The van der Waals surface area contributed by atoms with Crippen LogP contribution in [0.2, 0.25) is 0 Å². The number of carbonyl (C=O) groups is 2. The number of rotatable bonds is 4. The molecule has 1 aliphatic rings. The Morgan fingerprint density at radius 3 is 2.50 bits per heavy atom. The monoisotopic (exact) mass is 328 g/mol. The summed E-state index contributed by atoms with van der Waals surface area (Å²) in [5, 5.41) is 10.1. The minimum Gasteiger partial charge on any atom is -0.481 e. The topological polar surface area (TPSA) is 62.5 Å². The summed E-state index contributed by atoms with van der Waals surface area (Å²) in [6.07, 6.45) is 3.02. The zero-order valence-corrected chi connectivity index (χ0v) is 14.2. The summed E-state index contributed by atoms with van der Waals surface area (Å²) >= 11 is 0. The Bertz CT molecular complexity index is 755. The average Bonchev–Trinajstić information content (AvgIpc) is 2.92. The summed E-state index contributed by atoms with van der Waals surface area (Å²) < 4.78 is 2.15. The first-order valence-electron chi connectivity index (χ1n) is 8.57. The van der Waals surface area contributed by atoms with Crippen molar-refractivity contribution < 1.29 is 14.7 Å². The number of piperidine rings is 1. The van der Waals surface area contributed by atoms with Crippen molar-refractivity contribution in [3.8, 4) is 0 Å². The summed E-state index contributed by atoms with van der Waals surface area (Å²) in [5.74, 6) is -0.570. The van der Waals surface area contributed by atoms with Gasteiger partial charge in [0.25, 0.3) is 5.91 Å². The second kappa shape index (κ2) is 6.67. The molecule has 0 radical (unpaired) electrons. The van der Waals surface area contributed by atoms with Crippen molar-refractivity contribution >= 4 is 22.8 Å². The molecule has 1 aromatic heterocycles. The number of fused-ring (bicyclic) bond motifs is 1. The molecule has 2 heterocycles. The Morgan fingerprint density at radius 2 is 1.88 bits per heavy atom. The fourth-order valence-electron chi connectivity index (χ4n) is 3.46. The molecule has 2 aromatic rings. The van der Waals surface area contributed by atoms with Crippen LogP contribution in [0.15, 0.2) is 30.5 Å². The van der Waals surface area contributed by atoms with Gasteiger partial charge in [-0.2, -0.15) is 0 Å². The molecule has 0 saturated carbocycles. The number of aromatic nitrogens is 1. The van der Waals surface area contributed by atoms with Gasteiger partial charge in [-0.15, -0.1) is 0 Å². The molecule has 3 rings (SSSR count). The highest BCUT2D eigenvalue weighted by molar-refractivity contribution is 6.07. The van der Waals surface area contributed by atoms with Gasteiger partial charge in [0.15, 0.2) is 0 Å². The fourth-order valence-corrected chi connectivity index (χ4v) is 3.46. The summed E-state index contributed by atoms with van der Waals surface area (Å²) in [7, 11) is 0. The summed E-state index contributed by atoms with van der Waals surface area (Å²) in [4.78, 5) is 25.8. The number of carboxylic acids is 1. The van der Waals surface area contributed by atoms with E-state index in [2.05, 4.69) is 18.4 Å². The number of nitrogens with zero attached hydrogens (tertiary/aromatic N) is 2. The van der Waals surface area contributed by atoms with Crippen molar-refractivity contribution in [2.75, 3.05) is 13.1 Å². The zero-order valence-electron chi connectivity index (χ0n) is 14.2. The zero-order chi connectivity index (χ0) is 17.3. The van der Waals surface area contributed by atoms with Crippen molar-refractivity contribution in [1.82, 2.24) is 9.47 Å². The van der Waals surface area contributed by atoms with Crippen LogP contribution in [-0.4, -0.2) is 39.5 Å². The van der Waals surface area contributed by atoms with Crippen LogP contribution in [0.1, 0.15) is 37.0 Å². The highest BCUT2D eigenvalue weighted by Gasteiger charge is 2.28. The van der Waals surface area contributed by atoms with Crippen LogP contribution in [0.4, 0.5) is 0 Å². The Kier molecular flexibility index (Phi) is 4.60. The molecule has 5 nitrogen and oxygen atoms in total. The lowest BCUT2D eigenvalue weighted by Gasteiger charge is -2.30. The van der Waals surface area contributed by atoms with E-state index in [0.717, 1.165) is 23.0 Å². The van der Waals surface area contributed by atoms with Gasteiger partial charge >= 0.3 is 5.97 Å². The number of para-hydroxylation sites is 1. The Balaban J connectivity index is 1.86. The van der Waals surface area contributed by atoms with Gasteiger partial charge in [-0.3, -0.25) is 9.59 Å². The maximum atomic E-state index is 13.0. The summed E-state index contributed by atoms with van der Waals surface area (Å²) in [6.45, 7) is 6.22. The van der Waals surface area contributed by atoms with E-state index in [1.165, 1.54) is 0 Å². The molecular weight excluding hydrogens is 304 g/mol. The van der Waals surface area contributed by atoms with Gasteiger partial charge in [0, 0.05) is 36.7 Å². The van der Waals surface area contributed by atoms with E-state index in [0.29, 0.717) is 31.8 Å².